The van der Waals surface area contributed by atoms with E-state index in [9.17, 15) is 4.79 Å². The van der Waals surface area contributed by atoms with Gasteiger partial charge >= 0.3 is 0 Å². The Balaban J connectivity index is 1.43. The smallest absolute Gasteiger partial charge is 0.274 e. The summed E-state index contributed by atoms with van der Waals surface area (Å²) in [7, 11) is 1.70. The Hall–Kier alpha value is -2.93. The van der Waals surface area contributed by atoms with Gasteiger partial charge in [0, 0.05) is 48.6 Å². The van der Waals surface area contributed by atoms with Crippen LogP contribution in [0.1, 0.15) is 34.6 Å². The first-order valence-corrected chi connectivity index (χ1v) is 9.70. The van der Waals surface area contributed by atoms with Crippen molar-refractivity contribution in [3.63, 3.8) is 0 Å². The number of methoxy groups -OCH3 is 1. The van der Waals surface area contributed by atoms with Crippen LogP contribution in [0.3, 0.4) is 0 Å². The van der Waals surface area contributed by atoms with Gasteiger partial charge in [0.2, 0.25) is 0 Å². The Morgan fingerprint density at radius 2 is 2.11 bits per heavy atom. The SMILES string of the molecule is COc1ccc2[nH]c3c(c2c1)CCNC31CCN(C(=O)c2cnccn2)CC1. The Kier molecular flexibility index (Phi) is 4.05. The first-order chi connectivity index (χ1) is 13.7. The molecule has 0 unspecified atom stereocenters. The van der Waals surface area contributed by atoms with E-state index in [0.29, 0.717) is 18.8 Å². The molecule has 0 atom stereocenters. The molecule has 28 heavy (non-hydrogen) atoms. The van der Waals surface area contributed by atoms with Crippen LogP contribution in [0, 0.1) is 0 Å². The Morgan fingerprint density at radius 3 is 2.86 bits per heavy atom. The van der Waals surface area contributed by atoms with E-state index in [0.717, 1.165) is 37.1 Å². The molecule has 1 spiro atoms. The number of H-pyrrole nitrogens is 1. The van der Waals surface area contributed by atoms with Gasteiger partial charge in [-0.05, 0) is 43.0 Å². The molecule has 0 aliphatic carbocycles. The summed E-state index contributed by atoms with van der Waals surface area (Å²) < 4.78 is 5.42. The quantitative estimate of drug-likeness (QED) is 0.716. The fourth-order valence-corrected chi connectivity index (χ4v) is 4.63. The molecule has 2 N–H and O–H groups in total. The summed E-state index contributed by atoms with van der Waals surface area (Å²) >= 11 is 0. The number of ether oxygens (including phenoxy) is 1. The normalized spacial score (nSPS) is 18.2. The average Bonchev–Trinajstić information content (AvgIpc) is 3.14. The second kappa shape index (κ2) is 6.60. The number of rotatable bonds is 2. The van der Waals surface area contributed by atoms with Gasteiger partial charge in [0.25, 0.3) is 5.91 Å². The third-order valence-corrected chi connectivity index (χ3v) is 6.12. The number of hydrogen-bond acceptors (Lipinski definition) is 5. The predicted molar refractivity (Wildman–Crippen MR) is 105 cm³/mol. The highest BCUT2D eigenvalue weighted by atomic mass is 16.5. The van der Waals surface area contributed by atoms with E-state index in [1.807, 2.05) is 11.0 Å². The van der Waals surface area contributed by atoms with Gasteiger partial charge in [-0.25, -0.2) is 4.98 Å². The van der Waals surface area contributed by atoms with Crippen LogP contribution in [-0.2, 0) is 12.0 Å². The molecule has 1 saturated heterocycles. The number of hydrogen-bond donors (Lipinski definition) is 2. The van der Waals surface area contributed by atoms with Crippen LogP contribution >= 0.6 is 0 Å². The number of aromatic nitrogens is 3. The minimum atomic E-state index is -0.112. The van der Waals surface area contributed by atoms with Gasteiger partial charge in [-0.1, -0.05) is 0 Å². The molecule has 144 valence electrons. The van der Waals surface area contributed by atoms with Crippen molar-refractivity contribution in [3.8, 4) is 5.75 Å². The van der Waals surface area contributed by atoms with E-state index in [1.54, 1.807) is 19.5 Å². The van der Waals surface area contributed by atoms with Crippen molar-refractivity contribution in [1.29, 1.82) is 0 Å². The van der Waals surface area contributed by atoms with Crippen LogP contribution in [-0.4, -0.2) is 52.5 Å². The number of likely N-dealkylation sites (tertiary alicyclic amines) is 1. The lowest BCUT2D eigenvalue weighted by molar-refractivity contribution is 0.0620. The largest absolute Gasteiger partial charge is 0.497 e. The zero-order chi connectivity index (χ0) is 19.1. The molecule has 2 aliphatic heterocycles. The van der Waals surface area contributed by atoms with E-state index in [2.05, 4.69) is 32.4 Å². The summed E-state index contributed by atoms with van der Waals surface area (Å²) in [5, 5.41) is 4.99. The molecule has 0 bridgehead atoms. The molecule has 2 aliphatic rings. The maximum Gasteiger partial charge on any atom is 0.274 e. The molecule has 1 fully saturated rings. The van der Waals surface area contributed by atoms with Crippen molar-refractivity contribution in [2.45, 2.75) is 24.8 Å². The molecule has 7 nitrogen and oxygen atoms in total. The number of carbonyl (C=O) groups excluding carboxylic acids is 1. The lowest BCUT2D eigenvalue weighted by Gasteiger charge is -2.44. The number of fused-ring (bicyclic) bond motifs is 4. The van der Waals surface area contributed by atoms with Crippen molar-refractivity contribution in [2.24, 2.45) is 0 Å². The van der Waals surface area contributed by atoms with Gasteiger partial charge in [-0.15, -0.1) is 0 Å². The van der Waals surface area contributed by atoms with Crippen LogP contribution in [0.25, 0.3) is 10.9 Å². The molecular weight excluding hydrogens is 354 g/mol. The molecule has 3 aromatic rings. The fourth-order valence-electron chi connectivity index (χ4n) is 4.63. The molecule has 4 heterocycles. The van der Waals surface area contributed by atoms with Crippen LogP contribution < -0.4 is 10.1 Å². The molecule has 0 saturated carbocycles. The van der Waals surface area contributed by atoms with Gasteiger partial charge in [-0.2, -0.15) is 0 Å². The van der Waals surface area contributed by atoms with Gasteiger partial charge in [0.15, 0.2) is 0 Å². The number of carbonyl (C=O) groups is 1. The van der Waals surface area contributed by atoms with Crippen LogP contribution in [0.2, 0.25) is 0 Å². The lowest BCUT2D eigenvalue weighted by Crippen LogP contribution is -2.55. The number of nitrogens with one attached hydrogen (secondary N) is 2. The number of aromatic amines is 1. The first-order valence-electron chi connectivity index (χ1n) is 9.70. The number of benzene rings is 1. The van der Waals surface area contributed by atoms with Crippen molar-refractivity contribution in [2.75, 3.05) is 26.7 Å². The van der Waals surface area contributed by atoms with Gasteiger partial charge in [0.05, 0.1) is 18.8 Å². The van der Waals surface area contributed by atoms with E-state index in [1.165, 1.54) is 22.8 Å². The summed E-state index contributed by atoms with van der Waals surface area (Å²) in [6.07, 6.45) is 7.42. The number of piperidine rings is 1. The lowest BCUT2D eigenvalue weighted by atomic mass is 9.79. The van der Waals surface area contributed by atoms with Gasteiger partial charge in [0.1, 0.15) is 11.4 Å². The van der Waals surface area contributed by atoms with E-state index in [-0.39, 0.29) is 11.4 Å². The minimum Gasteiger partial charge on any atom is -0.497 e. The molecular formula is C21H23N5O2. The van der Waals surface area contributed by atoms with Crippen LogP contribution in [0.5, 0.6) is 5.75 Å². The fraction of sp³-hybridized carbons (Fsp3) is 0.381. The average molecular weight is 377 g/mol. The molecule has 1 amide bonds. The second-order valence-electron chi connectivity index (χ2n) is 7.53. The third kappa shape index (κ3) is 2.65. The van der Waals surface area contributed by atoms with Crippen molar-refractivity contribution >= 4 is 16.8 Å². The summed E-state index contributed by atoms with van der Waals surface area (Å²) in [5.41, 5.74) is 4.09. The van der Waals surface area contributed by atoms with E-state index < -0.39 is 0 Å². The zero-order valence-corrected chi connectivity index (χ0v) is 15.9. The van der Waals surface area contributed by atoms with Crippen LogP contribution in [0.4, 0.5) is 0 Å². The molecule has 1 aromatic carbocycles. The topological polar surface area (TPSA) is 83.1 Å². The highest BCUT2D eigenvalue weighted by Gasteiger charge is 2.42. The molecule has 2 aromatic heterocycles. The number of nitrogens with zero attached hydrogens (tertiary/aromatic N) is 3. The standard InChI is InChI=1S/C21H23N5O2/c1-28-14-2-3-17-16(12-14)15-4-7-24-21(19(15)25-17)5-10-26(11-6-21)20(27)18-13-22-8-9-23-18/h2-3,8-9,12-13,24-25H,4-7,10-11H2,1H3. The second-order valence-corrected chi connectivity index (χ2v) is 7.53. The van der Waals surface area contributed by atoms with Crippen LogP contribution in [0.15, 0.2) is 36.8 Å². The molecule has 5 rings (SSSR count). The summed E-state index contributed by atoms with van der Waals surface area (Å²) in [5.74, 6) is 0.839. The maximum absolute atomic E-state index is 12.7. The van der Waals surface area contributed by atoms with E-state index in [4.69, 9.17) is 4.74 Å². The molecule has 7 heteroatoms. The summed E-state index contributed by atoms with van der Waals surface area (Å²) in [4.78, 5) is 26.4. The van der Waals surface area contributed by atoms with Crippen molar-refractivity contribution < 1.29 is 9.53 Å². The van der Waals surface area contributed by atoms with Gasteiger partial charge in [-0.3, -0.25) is 9.78 Å². The molecule has 0 radical (unpaired) electrons. The highest BCUT2D eigenvalue weighted by molar-refractivity contribution is 5.92. The summed E-state index contributed by atoms with van der Waals surface area (Å²) in [6, 6.07) is 6.20. The predicted octanol–water partition coefficient (Wildman–Crippen LogP) is 2.24. The first kappa shape index (κ1) is 17.2. The Bertz CT molecular complexity index is 1020. The maximum atomic E-state index is 12.7. The summed E-state index contributed by atoms with van der Waals surface area (Å²) in [6.45, 7) is 2.33. The number of amides is 1. The van der Waals surface area contributed by atoms with Crippen molar-refractivity contribution in [3.05, 3.63) is 53.7 Å². The minimum absolute atomic E-state index is 0.0413. The van der Waals surface area contributed by atoms with Crippen molar-refractivity contribution in [1.82, 2.24) is 25.2 Å². The third-order valence-electron chi connectivity index (χ3n) is 6.12. The van der Waals surface area contributed by atoms with Gasteiger partial charge < -0.3 is 19.9 Å². The van der Waals surface area contributed by atoms with E-state index >= 15 is 0 Å². The zero-order valence-electron chi connectivity index (χ0n) is 15.9. The highest BCUT2D eigenvalue weighted by Crippen LogP contribution is 2.40. The monoisotopic (exact) mass is 377 g/mol. The Morgan fingerprint density at radius 1 is 1.25 bits per heavy atom. The Labute approximate surface area is 163 Å².